The molecule has 1 aromatic rings. The van der Waals surface area contributed by atoms with Gasteiger partial charge < -0.3 is 5.73 Å². The van der Waals surface area contributed by atoms with Crippen LogP contribution >= 0.6 is 0 Å². The Kier molecular flexibility index (Phi) is 4.54. The predicted octanol–water partition coefficient (Wildman–Crippen LogP) is 3.47. The Bertz CT molecular complexity index is 387. The Morgan fingerprint density at radius 1 is 1.33 bits per heavy atom. The van der Waals surface area contributed by atoms with Crippen LogP contribution in [0, 0.1) is 11.8 Å². The number of nitrogens with two attached hydrogens (primary N) is 1. The Balaban J connectivity index is 1.91. The molecule has 0 aliphatic heterocycles. The molecular weight excluding hydrogens is 222 g/mol. The van der Waals surface area contributed by atoms with E-state index in [0.29, 0.717) is 18.1 Å². The van der Waals surface area contributed by atoms with Crippen molar-refractivity contribution in [2.75, 3.05) is 0 Å². The summed E-state index contributed by atoms with van der Waals surface area (Å²) in [6.45, 7) is 2.25. The number of rotatable bonds is 4. The van der Waals surface area contributed by atoms with Gasteiger partial charge >= 0.3 is 0 Å². The summed E-state index contributed by atoms with van der Waals surface area (Å²) in [5, 5.41) is 0. The van der Waals surface area contributed by atoms with Gasteiger partial charge in [-0.2, -0.15) is 0 Å². The molecule has 18 heavy (non-hydrogen) atoms. The maximum absolute atomic E-state index is 12.2. The van der Waals surface area contributed by atoms with E-state index in [0.717, 1.165) is 18.4 Å². The van der Waals surface area contributed by atoms with Gasteiger partial charge in [0, 0.05) is 18.4 Å². The van der Waals surface area contributed by atoms with E-state index in [1.165, 1.54) is 12.8 Å². The molecule has 0 amide bonds. The average molecular weight is 245 g/mol. The minimum Gasteiger partial charge on any atom is -0.324 e. The number of hydrogen-bond acceptors (Lipinski definition) is 2. The van der Waals surface area contributed by atoms with Crippen LogP contribution in [0.15, 0.2) is 30.3 Å². The molecule has 3 unspecified atom stereocenters. The number of carbonyl (C=O) groups is 1. The number of hydrogen-bond donors (Lipinski definition) is 1. The van der Waals surface area contributed by atoms with Gasteiger partial charge in [-0.15, -0.1) is 0 Å². The number of ketones is 1. The smallest absolute Gasteiger partial charge is 0.137 e. The van der Waals surface area contributed by atoms with E-state index in [-0.39, 0.29) is 12.0 Å². The van der Waals surface area contributed by atoms with Gasteiger partial charge in [-0.25, -0.2) is 0 Å². The van der Waals surface area contributed by atoms with E-state index in [1.54, 1.807) is 0 Å². The lowest BCUT2D eigenvalue weighted by Crippen LogP contribution is -2.25. The molecule has 0 saturated heterocycles. The highest BCUT2D eigenvalue weighted by molar-refractivity contribution is 5.81. The third kappa shape index (κ3) is 3.42. The van der Waals surface area contributed by atoms with Gasteiger partial charge in [0.25, 0.3) is 0 Å². The van der Waals surface area contributed by atoms with Gasteiger partial charge in [0.2, 0.25) is 0 Å². The molecule has 0 bridgehead atoms. The Hall–Kier alpha value is -1.15. The fourth-order valence-electron chi connectivity index (χ4n) is 2.93. The van der Waals surface area contributed by atoms with E-state index >= 15 is 0 Å². The van der Waals surface area contributed by atoms with Crippen molar-refractivity contribution in [1.82, 2.24) is 0 Å². The molecule has 0 spiro atoms. The summed E-state index contributed by atoms with van der Waals surface area (Å²) in [6.07, 6.45) is 5.07. The summed E-state index contributed by atoms with van der Waals surface area (Å²) in [5.74, 6) is 1.31. The Morgan fingerprint density at radius 2 is 2.06 bits per heavy atom. The first kappa shape index (κ1) is 13.3. The van der Waals surface area contributed by atoms with E-state index in [2.05, 4.69) is 6.92 Å². The lowest BCUT2D eigenvalue weighted by molar-refractivity contribution is -0.124. The highest BCUT2D eigenvalue weighted by Crippen LogP contribution is 2.31. The van der Waals surface area contributed by atoms with Crippen LogP contribution in [0.1, 0.15) is 50.6 Å². The van der Waals surface area contributed by atoms with Crippen molar-refractivity contribution in [2.24, 2.45) is 17.6 Å². The fraction of sp³-hybridized carbons (Fsp3) is 0.562. The van der Waals surface area contributed by atoms with Gasteiger partial charge in [-0.1, -0.05) is 50.1 Å². The molecule has 98 valence electrons. The van der Waals surface area contributed by atoms with Crippen LogP contribution in [0.4, 0.5) is 0 Å². The number of Topliss-reactive ketones (excluding diaryl/α,β-unsaturated/α-hetero) is 1. The maximum atomic E-state index is 12.2. The molecule has 1 saturated carbocycles. The second kappa shape index (κ2) is 6.14. The molecule has 2 N–H and O–H groups in total. The molecule has 2 rings (SSSR count). The van der Waals surface area contributed by atoms with Crippen molar-refractivity contribution in [2.45, 2.75) is 45.1 Å². The molecule has 0 heterocycles. The molecule has 1 fully saturated rings. The average Bonchev–Trinajstić information content (AvgIpc) is 2.39. The van der Waals surface area contributed by atoms with Crippen molar-refractivity contribution in [3.8, 4) is 0 Å². The fourth-order valence-corrected chi connectivity index (χ4v) is 2.93. The van der Waals surface area contributed by atoms with Gasteiger partial charge in [0.05, 0.1) is 0 Å². The van der Waals surface area contributed by atoms with Crippen LogP contribution in [0.5, 0.6) is 0 Å². The van der Waals surface area contributed by atoms with Crippen LogP contribution < -0.4 is 5.73 Å². The SMILES string of the molecule is CC1CCCC(C(=O)CC(N)c2ccccc2)C1. The minimum atomic E-state index is -0.143. The zero-order chi connectivity index (χ0) is 13.0. The van der Waals surface area contributed by atoms with Crippen molar-refractivity contribution >= 4 is 5.78 Å². The first-order valence-corrected chi connectivity index (χ1v) is 7.00. The van der Waals surface area contributed by atoms with Gasteiger partial charge in [0.1, 0.15) is 5.78 Å². The highest BCUT2D eigenvalue weighted by Gasteiger charge is 2.26. The summed E-state index contributed by atoms with van der Waals surface area (Å²) < 4.78 is 0. The van der Waals surface area contributed by atoms with Gasteiger partial charge in [0.15, 0.2) is 0 Å². The first-order chi connectivity index (χ1) is 8.66. The third-order valence-corrected chi connectivity index (χ3v) is 4.04. The number of benzene rings is 1. The summed E-state index contributed by atoms with van der Waals surface area (Å²) in [4.78, 5) is 12.2. The molecule has 3 atom stereocenters. The molecule has 2 nitrogen and oxygen atoms in total. The molecule has 1 aliphatic carbocycles. The van der Waals surface area contributed by atoms with Crippen molar-refractivity contribution in [3.05, 3.63) is 35.9 Å². The van der Waals surface area contributed by atoms with Crippen LogP contribution in [0.25, 0.3) is 0 Å². The van der Waals surface area contributed by atoms with Crippen LogP contribution in [0.3, 0.4) is 0 Å². The first-order valence-electron chi connectivity index (χ1n) is 7.00. The maximum Gasteiger partial charge on any atom is 0.137 e. The summed E-state index contributed by atoms with van der Waals surface area (Å²) in [6, 6.07) is 9.78. The number of carbonyl (C=O) groups excluding carboxylic acids is 1. The molecule has 1 aliphatic rings. The van der Waals surface area contributed by atoms with Crippen LogP contribution in [0.2, 0.25) is 0 Å². The largest absolute Gasteiger partial charge is 0.324 e. The van der Waals surface area contributed by atoms with Crippen LogP contribution in [-0.4, -0.2) is 5.78 Å². The quantitative estimate of drug-likeness (QED) is 0.882. The monoisotopic (exact) mass is 245 g/mol. The second-order valence-corrected chi connectivity index (χ2v) is 5.66. The topological polar surface area (TPSA) is 43.1 Å². The summed E-state index contributed by atoms with van der Waals surface area (Å²) in [5.41, 5.74) is 7.18. The predicted molar refractivity (Wildman–Crippen MR) is 74.1 cm³/mol. The Labute approximate surface area is 110 Å². The molecular formula is C16H23NO. The lowest BCUT2D eigenvalue weighted by atomic mass is 9.79. The van der Waals surface area contributed by atoms with E-state index in [9.17, 15) is 4.79 Å². The zero-order valence-electron chi connectivity index (χ0n) is 11.1. The molecule has 0 aromatic heterocycles. The standard InChI is InChI=1S/C16H23NO/c1-12-6-5-9-14(10-12)16(18)11-15(17)13-7-3-2-4-8-13/h2-4,7-8,12,14-15H,5-6,9-11,17H2,1H3. The van der Waals surface area contributed by atoms with E-state index < -0.39 is 0 Å². The highest BCUT2D eigenvalue weighted by atomic mass is 16.1. The van der Waals surface area contributed by atoms with E-state index in [1.807, 2.05) is 30.3 Å². The van der Waals surface area contributed by atoms with Gasteiger partial charge in [-0.05, 0) is 24.3 Å². The van der Waals surface area contributed by atoms with Crippen molar-refractivity contribution in [3.63, 3.8) is 0 Å². The van der Waals surface area contributed by atoms with Gasteiger partial charge in [-0.3, -0.25) is 4.79 Å². The lowest BCUT2D eigenvalue weighted by Gasteiger charge is -2.26. The van der Waals surface area contributed by atoms with Crippen LogP contribution in [-0.2, 0) is 4.79 Å². The van der Waals surface area contributed by atoms with Crippen molar-refractivity contribution < 1.29 is 4.79 Å². The summed E-state index contributed by atoms with van der Waals surface area (Å²) in [7, 11) is 0. The molecule has 0 radical (unpaired) electrons. The Morgan fingerprint density at radius 3 is 2.72 bits per heavy atom. The normalized spacial score (nSPS) is 25.7. The molecule has 2 heteroatoms. The second-order valence-electron chi connectivity index (χ2n) is 5.66. The third-order valence-electron chi connectivity index (χ3n) is 4.04. The minimum absolute atomic E-state index is 0.143. The zero-order valence-corrected chi connectivity index (χ0v) is 11.1. The van der Waals surface area contributed by atoms with Crippen molar-refractivity contribution in [1.29, 1.82) is 0 Å². The molecule has 1 aromatic carbocycles. The summed E-state index contributed by atoms with van der Waals surface area (Å²) >= 11 is 0. The van der Waals surface area contributed by atoms with E-state index in [4.69, 9.17) is 5.73 Å².